The predicted molar refractivity (Wildman–Crippen MR) is 115 cm³/mol. The van der Waals surface area contributed by atoms with Crippen LogP contribution in [0.15, 0.2) is 42.5 Å². The minimum Gasteiger partial charge on any atom is -0.492 e. The zero-order valence-corrected chi connectivity index (χ0v) is 17.2. The van der Waals surface area contributed by atoms with E-state index in [-0.39, 0.29) is 12.0 Å². The second-order valence-corrected chi connectivity index (χ2v) is 7.80. The van der Waals surface area contributed by atoms with Crippen molar-refractivity contribution in [3.63, 3.8) is 0 Å². The van der Waals surface area contributed by atoms with Gasteiger partial charge in [-0.05, 0) is 28.7 Å². The van der Waals surface area contributed by atoms with E-state index in [4.69, 9.17) is 16.2 Å². The Morgan fingerprint density at radius 3 is 2.43 bits per heavy atom. The zero-order chi connectivity index (χ0) is 22.0. The van der Waals surface area contributed by atoms with Gasteiger partial charge in [0.25, 0.3) is 0 Å². The topological polar surface area (TPSA) is 119 Å². The molecule has 0 bridgehead atoms. The first kappa shape index (κ1) is 21.1. The van der Waals surface area contributed by atoms with E-state index < -0.39 is 17.7 Å². The summed E-state index contributed by atoms with van der Waals surface area (Å²) in [5.41, 5.74) is 15.5. The van der Waals surface area contributed by atoms with Crippen molar-refractivity contribution in [2.24, 2.45) is 11.5 Å². The molecule has 0 radical (unpaired) electrons. The molecule has 6 nitrogen and oxygen atoms in total. The fourth-order valence-electron chi connectivity index (χ4n) is 3.86. The molecule has 0 saturated heterocycles. The average Bonchev–Trinajstić information content (AvgIpc) is 3.20. The maximum absolute atomic E-state index is 11.8. The number of fused-ring (bicyclic) bond motifs is 1. The number of carbonyl (C=O) groups excluding carboxylic acids is 2. The summed E-state index contributed by atoms with van der Waals surface area (Å²) in [6, 6.07) is 12.2. The van der Waals surface area contributed by atoms with Gasteiger partial charge in [-0.25, -0.2) is 0 Å². The highest BCUT2D eigenvalue weighted by Crippen LogP contribution is 2.44. The van der Waals surface area contributed by atoms with Crippen molar-refractivity contribution in [1.82, 2.24) is 0 Å². The third-order valence-corrected chi connectivity index (χ3v) is 5.53. The Morgan fingerprint density at radius 1 is 1.23 bits per heavy atom. The lowest BCUT2D eigenvalue weighted by molar-refractivity contribution is -0.118. The SMILES string of the molecule is C=C(C(N)=O)C(CC(N)=O)c1cc(-c2ccc(C(C)C)cc2)c2c(c1C#N)CCO2. The van der Waals surface area contributed by atoms with Crippen LogP contribution in [-0.4, -0.2) is 18.4 Å². The van der Waals surface area contributed by atoms with E-state index in [0.717, 1.165) is 16.7 Å². The number of primary amides is 2. The van der Waals surface area contributed by atoms with Gasteiger partial charge in [0.2, 0.25) is 11.8 Å². The summed E-state index contributed by atoms with van der Waals surface area (Å²) in [7, 11) is 0. The number of hydrogen-bond acceptors (Lipinski definition) is 4. The molecular formula is C24H25N3O3. The van der Waals surface area contributed by atoms with Crippen LogP contribution >= 0.6 is 0 Å². The highest BCUT2D eigenvalue weighted by Gasteiger charge is 2.30. The largest absolute Gasteiger partial charge is 0.492 e. The summed E-state index contributed by atoms with van der Waals surface area (Å²) in [5.74, 6) is -1.05. The highest BCUT2D eigenvalue weighted by atomic mass is 16.5. The molecule has 2 aromatic carbocycles. The van der Waals surface area contributed by atoms with Gasteiger partial charge in [-0.3, -0.25) is 9.59 Å². The molecule has 30 heavy (non-hydrogen) atoms. The quantitative estimate of drug-likeness (QED) is 0.689. The van der Waals surface area contributed by atoms with Crippen LogP contribution in [0.2, 0.25) is 0 Å². The zero-order valence-electron chi connectivity index (χ0n) is 17.2. The molecule has 1 aliphatic rings. The van der Waals surface area contributed by atoms with Crippen LogP contribution in [0.4, 0.5) is 0 Å². The highest BCUT2D eigenvalue weighted by molar-refractivity contribution is 5.94. The van der Waals surface area contributed by atoms with E-state index >= 15 is 0 Å². The second-order valence-electron chi connectivity index (χ2n) is 7.80. The summed E-state index contributed by atoms with van der Waals surface area (Å²) >= 11 is 0. The molecule has 4 N–H and O–H groups in total. The van der Waals surface area contributed by atoms with E-state index in [1.807, 2.05) is 12.1 Å². The van der Waals surface area contributed by atoms with E-state index in [1.54, 1.807) is 6.07 Å². The van der Waals surface area contributed by atoms with E-state index in [9.17, 15) is 14.9 Å². The number of ether oxygens (including phenoxy) is 1. The molecular weight excluding hydrogens is 378 g/mol. The van der Waals surface area contributed by atoms with Gasteiger partial charge in [0.05, 0.1) is 18.2 Å². The van der Waals surface area contributed by atoms with Crippen molar-refractivity contribution in [2.75, 3.05) is 6.61 Å². The maximum Gasteiger partial charge on any atom is 0.244 e. The smallest absolute Gasteiger partial charge is 0.244 e. The normalized spacial score (nSPS) is 13.3. The second kappa shape index (κ2) is 8.42. The number of nitrogens with two attached hydrogens (primary N) is 2. The number of rotatable bonds is 7. The molecule has 0 aromatic heterocycles. The lowest BCUT2D eigenvalue weighted by atomic mass is 9.81. The van der Waals surface area contributed by atoms with Gasteiger partial charge in [-0.1, -0.05) is 44.7 Å². The average molecular weight is 403 g/mol. The monoisotopic (exact) mass is 403 g/mol. The first-order valence-corrected chi connectivity index (χ1v) is 9.84. The van der Waals surface area contributed by atoms with Gasteiger partial charge in [-0.15, -0.1) is 0 Å². The van der Waals surface area contributed by atoms with Crippen LogP contribution in [0.5, 0.6) is 5.75 Å². The number of hydrogen-bond donors (Lipinski definition) is 2. The summed E-state index contributed by atoms with van der Waals surface area (Å²) in [4.78, 5) is 23.6. The van der Waals surface area contributed by atoms with Gasteiger partial charge >= 0.3 is 0 Å². The van der Waals surface area contributed by atoms with Crippen molar-refractivity contribution >= 4 is 11.8 Å². The summed E-state index contributed by atoms with van der Waals surface area (Å²) in [6.45, 7) is 8.47. The molecule has 2 aromatic rings. The molecule has 3 rings (SSSR count). The minimum absolute atomic E-state index is 0.0465. The van der Waals surface area contributed by atoms with Gasteiger partial charge in [0, 0.05) is 35.5 Å². The Hall–Kier alpha value is -3.59. The number of nitrogens with zero attached hydrogens (tertiary/aromatic N) is 1. The number of carbonyl (C=O) groups is 2. The third-order valence-electron chi connectivity index (χ3n) is 5.53. The van der Waals surface area contributed by atoms with Gasteiger partial charge in [0.15, 0.2) is 0 Å². The minimum atomic E-state index is -0.769. The fourth-order valence-corrected chi connectivity index (χ4v) is 3.86. The Balaban J connectivity index is 2.24. The molecule has 1 unspecified atom stereocenters. The molecule has 2 amide bonds. The van der Waals surface area contributed by atoms with Crippen LogP contribution in [0, 0.1) is 11.3 Å². The van der Waals surface area contributed by atoms with Crippen LogP contribution in [0.3, 0.4) is 0 Å². The Bertz CT molecular complexity index is 1060. The summed E-state index contributed by atoms with van der Waals surface area (Å²) in [5, 5.41) is 9.88. The number of nitriles is 1. The lowest BCUT2D eigenvalue weighted by Crippen LogP contribution is -2.24. The van der Waals surface area contributed by atoms with Crippen molar-refractivity contribution in [3.8, 4) is 22.9 Å². The van der Waals surface area contributed by atoms with Crippen molar-refractivity contribution in [1.29, 1.82) is 5.26 Å². The molecule has 154 valence electrons. The molecule has 0 aliphatic carbocycles. The predicted octanol–water partition coefficient (Wildman–Crippen LogP) is 3.28. The molecule has 1 atom stereocenters. The summed E-state index contributed by atoms with van der Waals surface area (Å²) in [6.07, 6.45) is 0.400. The third kappa shape index (κ3) is 3.92. The molecule has 1 heterocycles. The summed E-state index contributed by atoms with van der Waals surface area (Å²) < 4.78 is 5.87. The number of benzene rings is 2. The first-order valence-electron chi connectivity index (χ1n) is 9.84. The fraction of sp³-hybridized carbons (Fsp3) is 0.292. The lowest BCUT2D eigenvalue weighted by Gasteiger charge is -2.21. The van der Waals surface area contributed by atoms with Gasteiger partial charge < -0.3 is 16.2 Å². The van der Waals surface area contributed by atoms with E-state index in [0.29, 0.717) is 35.8 Å². The van der Waals surface area contributed by atoms with Crippen LogP contribution in [0.1, 0.15) is 54.4 Å². The Labute approximate surface area is 176 Å². The van der Waals surface area contributed by atoms with Crippen molar-refractivity contribution in [2.45, 2.75) is 38.5 Å². The standard InChI is InChI=1S/C24H25N3O3/c1-13(2)15-4-6-16(7-5-15)19-10-20(18(11-22(26)28)14(3)24(27)29)21(12-25)17-8-9-30-23(17)19/h4-7,10,13,18H,3,8-9,11H2,1-2H3,(H2,26,28)(H2,27,29). The maximum atomic E-state index is 11.8. The molecule has 0 spiro atoms. The van der Waals surface area contributed by atoms with Crippen LogP contribution in [0.25, 0.3) is 11.1 Å². The molecule has 6 heteroatoms. The molecule has 0 saturated carbocycles. The van der Waals surface area contributed by atoms with E-state index in [1.165, 1.54) is 5.56 Å². The van der Waals surface area contributed by atoms with E-state index in [2.05, 4.69) is 38.6 Å². The Morgan fingerprint density at radius 2 is 1.90 bits per heavy atom. The van der Waals surface area contributed by atoms with Crippen LogP contribution in [-0.2, 0) is 16.0 Å². The van der Waals surface area contributed by atoms with Crippen LogP contribution < -0.4 is 16.2 Å². The van der Waals surface area contributed by atoms with Gasteiger partial charge in [-0.2, -0.15) is 5.26 Å². The first-order chi connectivity index (χ1) is 14.2. The molecule has 1 aliphatic heterocycles. The number of amides is 2. The van der Waals surface area contributed by atoms with Crippen molar-refractivity contribution < 1.29 is 14.3 Å². The molecule has 0 fully saturated rings. The van der Waals surface area contributed by atoms with Crippen molar-refractivity contribution in [3.05, 3.63) is 64.7 Å². The Kier molecular flexibility index (Phi) is 5.93. The van der Waals surface area contributed by atoms with Gasteiger partial charge in [0.1, 0.15) is 5.75 Å².